The Morgan fingerprint density at radius 3 is 2.26 bits per heavy atom. The fourth-order valence-corrected chi connectivity index (χ4v) is 3.79. The zero-order valence-corrected chi connectivity index (χ0v) is 16.9. The van der Waals surface area contributed by atoms with E-state index >= 15 is 0 Å². The van der Waals surface area contributed by atoms with Crippen LogP contribution in [0.1, 0.15) is 6.92 Å². The summed E-state index contributed by atoms with van der Waals surface area (Å²) in [5.74, 6) is 0.797. The Morgan fingerprint density at radius 1 is 1.04 bits per heavy atom. The molecule has 1 aromatic rings. The maximum absolute atomic E-state index is 13.1. The number of nitrogens with zero attached hydrogens (tertiary/aromatic N) is 5. The van der Waals surface area contributed by atoms with Crippen LogP contribution in [0.15, 0.2) is 29.3 Å². The molecule has 7 heteroatoms. The molecule has 2 fully saturated rings. The number of rotatable bonds is 4. The summed E-state index contributed by atoms with van der Waals surface area (Å²) >= 11 is 0. The van der Waals surface area contributed by atoms with E-state index in [1.807, 2.05) is 19.2 Å². The van der Waals surface area contributed by atoms with Gasteiger partial charge in [0.15, 0.2) is 5.96 Å². The van der Waals surface area contributed by atoms with Gasteiger partial charge < -0.3 is 20.0 Å². The average Bonchev–Trinajstić information content (AvgIpc) is 2.70. The highest BCUT2D eigenvalue weighted by Gasteiger charge is 2.22. The molecule has 0 bridgehead atoms. The first-order valence-electron chi connectivity index (χ1n) is 9.95. The van der Waals surface area contributed by atoms with Gasteiger partial charge in [0.1, 0.15) is 5.82 Å². The van der Waals surface area contributed by atoms with E-state index < -0.39 is 0 Å². The number of nitrogens with one attached hydrogen (secondary N) is 1. The number of halogens is 1. The van der Waals surface area contributed by atoms with Crippen molar-refractivity contribution in [2.45, 2.75) is 13.0 Å². The molecule has 27 heavy (non-hydrogen) atoms. The van der Waals surface area contributed by atoms with E-state index in [-0.39, 0.29) is 5.82 Å². The molecule has 0 aromatic heterocycles. The molecule has 0 amide bonds. The Kier molecular flexibility index (Phi) is 6.90. The minimum atomic E-state index is -0.184. The highest BCUT2D eigenvalue weighted by Crippen LogP contribution is 2.17. The molecule has 0 spiro atoms. The van der Waals surface area contributed by atoms with Crippen LogP contribution in [0.2, 0.25) is 0 Å². The monoisotopic (exact) mass is 376 g/mol. The molecule has 2 saturated heterocycles. The molecular weight excluding hydrogens is 343 g/mol. The van der Waals surface area contributed by atoms with E-state index in [9.17, 15) is 4.39 Å². The molecule has 1 aromatic carbocycles. The van der Waals surface area contributed by atoms with Gasteiger partial charge in [-0.05, 0) is 38.2 Å². The number of benzene rings is 1. The Hall–Kier alpha value is -1.86. The molecule has 2 aliphatic rings. The lowest BCUT2D eigenvalue weighted by Gasteiger charge is -2.39. The van der Waals surface area contributed by atoms with Gasteiger partial charge in [0.25, 0.3) is 0 Å². The standard InChI is InChI=1S/C20H33FN6/c1-17(25-10-8-24(3)9-11-25)16-23-20(22-2)27-14-12-26(13-15-27)19-6-4-18(21)5-7-19/h4-7,17H,8-16H2,1-3H3,(H,22,23). The van der Waals surface area contributed by atoms with Gasteiger partial charge in [0.05, 0.1) is 0 Å². The van der Waals surface area contributed by atoms with Gasteiger partial charge in [0.2, 0.25) is 0 Å². The lowest BCUT2D eigenvalue weighted by Crippen LogP contribution is -2.55. The summed E-state index contributed by atoms with van der Waals surface area (Å²) in [6, 6.07) is 7.27. The number of hydrogen-bond donors (Lipinski definition) is 1. The zero-order chi connectivity index (χ0) is 19.2. The molecule has 2 heterocycles. The van der Waals surface area contributed by atoms with Crippen molar-refractivity contribution in [2.75, 3.05) is 77.9 Å². The van der Waals surface area contributed by atoms with Gasteiger partial charge in [-0.3, -0.25) is 9.89 Å². The van der Waals surface area contributed by atoms with Crippen molar-refractivity contribution in [3.05, 3.63) is 30.1 Å². The molecule has 6 nitrogen and oxygen atoms in total. The lowest BCUT2D eigenvalue weighted by atomic mass is 10.2. The van der Waals surface area contributed by atoms with Crippen LogP contribution in [0.25, 0.3) is 0 Å². The number of hydrogen-bond acceptors (Lipinski definition) is 4. The summed E-state index contributed by atoms with van der Waals surface area (Å²) in [4.78, 5) is 14.0. The van der Waals surface area contributed by atoms with Gasteiger partial charge in [-0.2, -0.15) is 0 Å². The predicted octanol–water partition coefficient (Wildman–Crippen LogP) is 1.16. The van der Waals surface area contributed by atoms with Crippen LogP contribution in [0.4, 0.5) is 10.1 Å². The van der Waals surface area contributed by atoms with E-state index in [2.05, 4.69) is 43.9 Å². The summed E-state index contributed by atoms with van der Waals surface area (Å²) < 4.78 is 13.1. The highest BCUT2D eigenvalue weighted by atomic mass is 19.1. The van der Waals surface area contributed by atoms with Crippen LogP contribution in [-0.2, 0) is 0 Å². The van der Waals surface area contributed by atoms with E-state index in [0.717, 1.165) is 70.5 Å². The number of piperazine rings is 2. The second-order valence-electron chi connectivity index (χ2n) is 7.57. The van der Waals surface area contributed by atoms with Crippen molar-refractivity contribution in [1.29, 1.82) is 0 Å². The molecule has 1 atom stereocenters. The second kappa shape index (κ2) is 9.37. The number of likely N-dealkylation sites (N-methyl/N-ethyl adjacent to an activating group) is 1. The minimum absolute atomic E-state index is 0.184. The van der Waals surface area contributed by atoms with Gasteiger partial charge in [-0.25, -0.2) is 4.39 Å². The predicted molar refractivity (Wildman–Crippen MR) is 110 cm³/mol. The topological polar surface area (TPSA) is 37.4 Å². The van der Waals surface area contributed by atoms with Gasteiger partial charge in [-0.15, -0.1) is 0 Å². The molecular formula is C20H33FN6. The molecule has 0 aliphatic carbocycles. The Balaban J connectivity index is 1.45. The number of anilines is 1. The normalized spacial score (nSPS) is 21.4. The quantitative estimate of drug-likeness (QED) is 0.631. The number of guanidine groups is 1. The molecule has 0 radical (unpaired) electrons. The van der Waals surface area contributed by atoms with Crippen LogP contribution in [0.5, 0.6) is 0 Å². The second-order valence-corrected chi connectivity index (χ2v) is 7.57. The fraction of sp³-hybridized carbons (Fsp3) is 0.650. The van der Waals surface area contributed by atoms with Crippen LogP contribution in [0.3, 0.4) is 0 Å². The minimum Gasteiger partial charge on any atom is -0.368 e. The van der Waals surface area contributed by atoms with E-state index in [0.29, 0.717) is 6.04 Å². The number of aliphatic imine (C=N–C) groups is 1. The van der Waals surface area contributed by atoms with Gasteiger partial charge in [0, 0.05) is 77.7 Å². The van der Waals surface area contributed by atoms with Gasteiger partial charge in [-0.1, -0.05) is 0 Å². The lowest BCUT2D eigenvalue weighted by molar-refractivity contribution is 0.119. The third-order valence-electron chi connectivity index (χ3n) is 5.70. The van der Waals surface area contributed by atoms with Crippen LogP contribution in [0, 0.1) is 5.82 Å². The van der Waals surface area contributed by atoms with Crippen molar-refractivity contribution in [3.8, 4) is 0 Å². The van der Waals surface area contributed by atoms with Crippen molar-refractivity contribution in [2.24, 2.45) is 4.99 Å². The fourth-order valence-electron chi connectivity index (χ4n) is 3.79. The van der Waals surface area contributed by atoms with Crippen molar-refractivity contribution >= 4 is 11.6 Å². The van der Waals surface area contributed by atoms with Crippen molar-refractivity contribution in [3.63, 3.8) is 0 Å². The molecule has 0 saturated carbocycles. The average molecular weight is 377 g/mol. The molecule has 2 aliphatic heterocycles. The summed E-state index contributed by atoms with van der Waals surface area (Å²) in [6.45, 7) is 11.4. The first kappa shape index (κ1) is 19.9. The van der Waals surface area contributed by atoms with Crippen molar-refractivity contribution < 1.29 is 4.39 Å². The van der Waals surface area contributed by atoms with Crippen molar-refractivity contribution in [1.82, 2.24) is 20.0 Å². The Labute approximate surface area is 162 Å². The zero-order valence-electron chi connectivity index (χ0n) is 16.9. The van der Waals surface area contributed by atoms with Gasteiger partial charge >= 0.3 is 0 Å². The van der Waals surface area contributed by atoms with Crippen LogP contribution < -0.4 is 10.2 Å². The Morgan fingerprint density at radius 2 is 1.67 bits per heavy atom. The van der Waals surface area contributed by atoms with E-state index in [4.69, 9.17) is 0 Å². The molecule has 3 rings (SSSR count). The summed E-state index contributed by atoms with van der Waals surface area (Å²) in [6.07, 6.45) is 0. The van der Waals surface area contributed by atoms with Crippen LogP contribution in [-0.4, -0.2) is 99.7 Å². The first-order chi connectivity index (χ1) is 13.1. The maximum Gasteiger partial charge on any atom is 0.193 e. The molecule has 150 valence electrons. The smallest absolute Gasteiger partial charge is 0.193 e. The largest absolute Gasteiger partial charge is 0.368 e. The SMILES string of the molecule is CN=C(NCC(C)N1CCN(C)CC1)N1CCN(c2ccc(F)cc2)CC1. The first-order valence-corrected chi connectivity index (χ1v) is 9.95. The third kappa shape index (κ3) is 5.32. The van der Waals surface area contributed by atoms with E-state index in [1.165, 1.54) is 12.1 Å². The molecule has 1 unspecified atom stereocenters. The van der Waals surface area contributed by atoms with E-state index in [1.54, 1.807) is 0 Å². The molecule has 1 N–H and O–H groups in total. The highest BCUT2D eigenvalue weighted by molar-refractivity contribution is 5.80. The summed E-state index contributed by atoms with van der Waals surface area (Å²) in [7, 11) is 4.04. The summed E-state index contributed by atoms with van der Waals surface area (Å²) in [5.41, 5.74) is 1.09. The van der Waals surface area contributed by atoms with Crippen LogP contribution >= 0.6 is 0 Å². The maximum atomic E-state index is 13.1. The third-order valence-corrected chi connectivity index (χ3v) is 5.70. The Bertz CT molecular complexity index is 603. The summed E-state index contributed by atoms with van der Waals surface area (Å²) in [5, 5.41) is 3.56.